The largest absolute Gasteiger partial charge is 0.488 e. The van der Waals surface area contributed by atoms with Gasteiger partial charge in [0.2, 0.25) is 0 Å². The summed E-state index contributed by atoms with van der Waals surface area (Å²) in [6.45, 7) is -0.177. The number of carbonyl (C=O) groups is 1. The van der Waals surface area contributed by atoms with Crippen LogP contribution in [-0.2, 0) is 0 Å². The van der Waals surface area contributed by atoms with Gasteiger partial charge < -0.3 is 9.84 Å². The molecule has 0 fully saturated rings. The monoisotopic (exact) mass is 184 g/mol. The van der Waals surface area contributed by atoms with E-state index in [1.54, 1.807) is 0 Å². The third-order valence-corrected chi connectivity index (χ3v) is 1.44. The van der Waals surface area contributed by atoms with Crippen molar-refractivity contribution in [3.8, 4) is 5.75 Å². The highest BCUT2D eigenvalue weighted by Gasteiger charge is 2.03. The summed E-state index contributed by atoms with van der Waals surface area (Å²) in [6, 6.07) is 3.79. The van der Waals surface area contributed by atoms with E-state index in [2.05, 4.69) is 0 Å². The number of rotatable bonds is 4. The van der Waals surface area contributed by atoms with Gasteiger partial charge in [-0.05, 0) is 18.2 Å². The Labute approximate surface area is 74.8 Å². The fraction of sp³-hybridized carbons (Fsp3) is 0.222. The Morgan fingerprint density at radius 1 is 1.54 bits per heavy atom. The fourth-order valence-electron chi connectivity index (χ4n) is 0.859. The normalized spacial score (nSPS) is 9.69. The van der Waals surface area contributed by atoms with Gasteiger partial charge in [-0.1, -0.05) is 0 Å². The maximum atomic E-state index is 12.9. The number of hydrogen-bond acceptors (Lipinski definition) is 3. The third kappa shape index (κ3) is 2.52. The number of ether oxygens (including phenoxy) is 1. The lowest BCUT2D eigenvalue weighted by molar-refractivity contribution is 0.112. The van der Waals surface area contributed by atoms with Crippen LogP contribution in [0.2, 0.25) is 0 Å². The van der Waals surface area contributed by atoms with Crippen molar-refractivity contribution in [2.75, 3.05) is 13.2 Å². The average Bonchev–Trinajstić information content (AvgIpc) is 2.17. The molecule has 0 saturated carbocycles. The molecule has 0 aliphatic carbocycles. The van der Waals surface area contributed by atoms with E-state index in [1.165, 1.54) is 12.1 Å². The van der Waals surface area contributed by atoms with Crippen molar-refractivity contribution >= 4 is 6.29 Å². The SMILES string of the molecule is O=Cc1ccc(F)c(OCCO)c1. The Hall–Kier alpha value is -1.42. The molecule has 0 saturated heterocycles. The molecule has 0 heterocycles. The van der Waals surface area contributed by atoms with Crippen LogP contribution < -0.4 is 4.74 Å². The Morgan fingerprint density at radius 3 is 2.92 bits per heavy atom. The molecule has 0 bridgehead atoms. The molecule has 0 radical (unpaired) electrons. The van der Waals surface area contributed by atoms with E-state index in [1.807, 2.05) is 0 Å². The first kappa shape index (κ1) is 9.67. The van der Waals surface area contributed by atoms with Crippen molar-refractivity contribution in [1.29, 1.82) is 0 Å². The molecule has 1 aromatic rings. The van der Waals surface area contributed by atoms with Crippen molar-refractivity contribution in [2.45, 2.75) is 0 Å². The Kier molecular flexibility index (Phi) is 3.40. The van der Waals surface area contributed by atoms with Crippen LogP contribution in [-0.4, -0.2) is 24.6 Å². The highest BCUT2D eigenvalue weighted by Crippen LogP contribution is 2.17. The van der Waals surface area contributed by atoms with Crippen molar-refractivity contribution in [3.05, 3.63) is 29.6 Å². The highest BCUT2D eigenvalue weighted by molar-refractivity contribution is 5.75. The molecule has 0 atom stereocenters. The van der Waals surface area contributed by atoms with Crippen LogP contribution in [0.5, 0.6) is 5.75 Å². The second-order valence-corrected chi connectivity index (χ2v) is 2.38. The molecule has 0 aromatic heterocycles. The molecule has 1 N–H and O–H groups in total. The lowest BCUT2D eigenvalue weighted by atomic mass is 10.2. The first-order valence-electron chi connectivity index (χ1n) is 3.76. The minimum atomic E-state index is -0.543. The number of halogens is 1. The minimum Gasteiger partial charge on any atom is -0.488 e. The standard InChI is InChI=1S/C9H9FO3/c10-8-2-1-7(6-12)5-9(8)13-4-3-11/h1-2,5-6,11H,3-4H2. The van der Waals surface area contributed by atoms with E-state index in [0.29, 0.717) is 11.8 Å². The van der Waals surface area contributed by atoms with Gasteiger partial charge >= 0.3 is 0 Å². The van der Waals surface area contributed by atoms with Crippen LogP contribution in [0.25, 0.3) is 0 Å². The maximum Gasteiger partial charge on any atom is 0.165 e. The molecule has 0 aliphatic heterocycles. The van der Waals surface area contributed by atoms with Gasteiger partial charge in [0.15, 0.2) is 11.6 Å². The number of aliphatic hydroxyl groups is 1. The summed E-state index contributed by atoms with van der Waals surface area (Å²) in [7, 11) is 0. The molecule has 1 rings (SSSR count). The molecule has 13 heavy (non-hydrogen) atoms. The first-order chi connectivity index (χ1) is 6.27. The maximum absolute atomic E-state index is 12.9. The molecule has 0 spiro atoms. The van der Waals surface area contributed by atoms with Gasteiger partial charge in [0.25, 0.3) is 0 Å². The number of aldehydes is 1. The quantitative estimate of drug-likeness (QED) is 0.710. The number of hydrogen-bond donors (Lipinski definition) is 1. The second-order valence-electron chi connectivity index (χ2n) is 2.38. The molecule has 0 unspecified atom stereocenters. The molecule has 1 aromatic carbocycles. The summed E-state index contributed by atoms with van der Waals surface area (Å²) < 4.78 is 17.8. The minimum absolute atomic E-state index is 0.0131. The molecule has 4 heteroatoms. The lowest BCUT2D eigenvalue weighted by Gasteiger charge is -2.05. The number of aliphatic hydroxyl groups excluding tert-OH is 1. The van der Waals surface area contributed by atoms with Gasteiger partial charge in [0.1, 0.15) is 12.9 Å². The van der Waals surface area contributed by atoms with E-state index < -0.39 is 5.82 Å². The molecule has 3 nitrogen and oxygen atoms in total. The zero-order chi connectivity index (χ0) is 9.68. The Balaban J connectivity index is 2.83. The predicted molar refractivity (Wildman–Crippen MR) is 44.4 cm³/mol. The second kappa shape index (κ2) is 4.57. The summed E-state index contributed by atoms with van der Waals surface area (Å²) in [5, 5.41) is 8.43. The predicted octanol–water partition coefficient (Wildman–Crippen LogP) is 1.01. The molecular formula is C9H9FO3. The lowest BCUT2D eigenvalue weighted by Crippen LogP contribution is -2.03. The summed E-state index contributed by atoms with van der Waals surface area (Å²) in [4.78, 5) is 10.3. The van der Waals surface area contributed by atoms with Gasteiger partial charge in [-0.3, -0.25) is 4.79 Å². The third-order valence-electron chi connectivity index (χ3n) is 1.44. The van der Waals surface area contributed by atoms with Crippen molar-refractivity contribution in [2.24, 2.45) is 0 Å². The van der Waals surface area contributed by atoms with Crippen molar-refractivity contribution in [3.63, 3.8) is 0 Å². The summed E-state index contributed by atoms with van der Waals surface area (Å²) in [5.74, 6) is -0.558. The smallest absolute Gasteiger partial charge is 0.165 e. The van der Waals surface area contributed by atoms with Crippen LogP contribution in [0.1, 0.15) is 10.4 Å². The van der Waals surface area contributed by atoms with Gasteiger partial charge in [0.05, 0.1) is 6.61 Å². The number of benzene rings is 1. The Morgan fingerprint density at radius 2 is 2.31 bits per heavy atom. The van der Waals surface area contributed by atoms with Gasteiger partial charge in [-0.2, -0.15) is 0 Å². The van der Waals surface area contributed by atoms with Gasteiger partial charge in [-0.15, -0.1) is 0 Å². The number of carbonyl (C=O) groups excluding carboxylic acids is 1. The van der Waals surface area contributed by atoms with E-state index in [-0.39, 0.29) is 19.0 Å². The molecule has 0 aliphatic rings. The van der Waals surface area contributed by atoms with E-state index in [0.717, 1.165) is 6.07 Å². The fourth-order valence-corrected chi connectivity index (χ4v) is 0.859. The van der Waals surface area contributed by atoms with Gasteiger partial charge in [0, 0.05) is 5.56 Å². The van der Waals surface area contributed by atoms with Crippen molar-refractivity contribution in [1.82, 2.24) is 0 Å². The average molecular weight is 184 g/mol. The van der Waals surface area contributed by atoms with Crippen LogP contribution in [0.4, 0.5) is 4.39 Å². The zero-order valence-electron chi connectivity index (χ0n) is 6.87. The highest BCUT2D eigenvalue weighted by atomic mass is 19.1. The van der Waals surface area contributed by atoms with E-state index in [4.69, 9.17) is 9.84 Å². The van der Waals surface area contributed by atoms with Crippen LogP contribution in [0.15, 0.2) is 18.2 Å². The van der Waals surface area contributed by atoms with Crippen molar-refractivity contribution < 1.29 is 19.0 Å². The zero-order valence-corrected chi connectivity index (χ0v) is 6.87. The summed E-state index contributed by atoms with van der Waals surface area (Å²) in [5.41, 5.74) is 0.342. The van der Waals surface area contributed by atoms with E-state index >= 15 is 0 Å². The van der Waals surface area contributed by atoms with Crippen LogP contribution in [0.3, 0.4) is 0 Å². The molecule has 0 amide bonds. The Bertz CT molecular complexity index is 299. The molecule has 70 valence electrons. The molecular weight excluding hydrogens is 175 g/mol. The van der Waals surface area contributed by atoms with Crippen LogP contribution >= 0.6 is 0 Å². The van der Waals surface area contributed by atoms with Gasteiger partial charge in [-0.25, -0.2) is 4.39 Å². The summed E-state index contributed by atoms with van der Waals surface area (Å²) >= 11 is 0. The van der Waals surface area contributed by atoms with E-state index in [9.17, 15) is 9.18 Å². The van der Waals surface area contributed by atoms with Crippen LogP contribution in [0, 0.1) is 5.82 Å². The summed E-state index contributed by atoms with van der Waals surface area (Å²) in [6.07, 6.45) is 0.602. The topological polar surface area (TPSA) is 46.5 Å². The first-order valence-corrected chi connectivity index (χ1v) is 3.76.